The zero-order chi connectivity index (χ0) is 29.6. The number of aromatic nitrogens is 4. The number of piperidine rings is 1. The van der Waals surface area contributed by atoms with Crippen molar-refractivity contribution in [1.29, 1.82) is 0 Å². The lowest BCUT2D eigenvalue weighted by Gasteiger charge is -2.32. The molecule has 0 saturated carbocycles. The number of halogens is 1. The Morgan fingerprint density at radius 2 is 1.74 bits per heavy atom. The average Bonchev–Trinajstić information content (AvgIpc) is 3.67. The Hall–Kier alpha value is -4.67. The number of fused-ring (bicyclic) bond motifs is 2. The summed E-state index contributed by atoms with van der Waals surface area (Å²) < 4.78 is 28.4. The van der Waals surface area contributed by atoms with Crippen LogP contribution in [0.25, 0.3) is 33.1 Å². The minimum atomic E-state index is -3.86. The van der Waals surface area contributed by atoms with Crippen molar-refractivity contribution in [3.8, 4) is 11.3 Å². The highest BCUT2D eigenvalue weighted by Crippen LogP contribution is 2.36. The fraction of sp³-hybridized carbons (Fsp3) is 0.156. The molecule has 216 valence electrons. The number of carbonyl (C=O) groups excluding carboxylic acids is 1. The molecule has 43 heavy (non-hydrogen) atoms. The summed E-state index contributed by atoms with van der Waals surface area (Å²) in [5.74, 6) is 0.408. The summed E-state index contributed by atoms with van der Waals surface area (Å²) in [6, 6.07) is 23.3. The third-order valence-corrected chi connectivity index (χ3v) is 9.86. The van der Waals surface area contributed by atoms with E-state index in [1.54, 1.807) is 48.7 Å². The fourth-order valence-corrected chi connectivity index (χ4v) is 7.23. The van der Waals surface area contributed by atoms with E-state index in [4.69, 9.17) is 16.6 Å². The van der Waals surface area contributed by atoms with E-state index >= 15 is 0 Å². The fourth-order valence-electron chi connectivity index (χ4n) is 5.64. The first-order chi connectivity index (χ1) is 20.9. The van der Waals surface area contributed by atoms with Crippen LogP contribution in [0.1, 0.15) is 23.2 Å². The first kappa shape index (κ1) is 27.2. The molecule has 0 atom stereocenters. The van der Waals surface area contributed by atoms with Gasteiger partial charge in [-0.15, -0.1) is 0 Å². The number of nitrogens with zero attached hydrogens (tertiary/aromatic N) is 4. The number of carbonyl (C=O) groups is 1. The van der Waals surface area contributed by atoms with Gasteiger partial charge in [0.1, 0.15) is 0 Å². The number of aromatic amines is 1. The Morgan fingerprint density at radius 3 is 2.56 bits per heavy atom. The van der Waals surface area contributed by atoms with Gasteiger partial charge in [0.05, 0.1) is 27.3 Å². The number of rotatable bonds is 6. The lowest BCUT2D eigenvalue weighted by Crippen LogP contribution is -2.42. The van der Waals surface area contributed by atoms with Crippen LogP contribution in [-0.4, -0.2) is 57.3 Å². The molecule has 11 heteroatoms. The zero-order valence-corrected chi connectivity index (χ0v) is 24.5. The molecular weight excluding hydrogens is 584 g/mol. The highest BCUT2D eigenvalue weighted by Gasteiger charge is 2.26. The average molecular weight is 611 g/mol. The van der Waals surface area contributed by atoms with E-state index in [9.17, 15) is 13.2 Å². The Kier molecular flexibility index (Phi) is 6.87. The maximum atomic E-state index is 13.6. The molecule has 0 unspecified atom stereocenters. The Balaban J connectivity index is 1.12. The van der Waals surface area contributed by atoms with Gasteiger partial charge in [0.15, 0.2) is 0 Å². The molecule has 0 bridgehead atoms. The molecule has 6 aromatic rings. The lowest BCUT2D eigenvalue weighted by molar-refractivity contribution is 0.0718. The first-order valence-electron chi connectivity index (χ1n) is 13.9. The van der Waals surface area contributed by atoms with Crippen molar-refractivity contribution in [2.45, 2.75) is 23.8 Å². The highest BCUT2D eigenvalue weighted by molar-refractivity contribution is 7.90. The largest absolute Gasteiger partial charge is 0.361 e. The number of hydrogen-bond acceptors (Lipinski definition) is 6. The molecule has 4 heterocycles. The summed E-state index contributed by atoms with van der Waals surface area (Å²) in [5.41, 5.74) is 3.16. The lowest BCUT2D eigenvalue weighted by atomic mass is 10.0. The summed E-state index contributed by atoms with van der Waals surface area (Å²) in [6.45, 7) is 1.20. The quantitative estimate of drug-likeness (QED) is 0.233. The van der Waals surface area contributed by atoms with E-state index in [1.165, 1.54) is 10.2 Å². The number of nitrogens with one attached hydrogen (secondary N) is 2. The van der Waals surface area contributed by atoms with Crippen LogP contribution in [0.5, 0.6) is 0 Å². The van der Waals surface area contributed by atoms with Gasteiger partial charge >= 0.3 is 0 Å². The Labute approximate surface area is 253 Å². The van der Waals surface area contributed by atoms with E-state index in [-0.39, 0.29) is 16.8 Å². The number of hydrogen-bond donors (Lipinski definition) is 2. The molecule has 0 aliphatic carbocycles. The number of amides is 1. The summed E-state index contributed by atoms with van der Waals surface area (Å²) in [7, 11) is -3.86. The van der Waals surface area contributed by atoms with Gasteiger partial charge in [-0.25, -0.2) is 22.4 Å². The van der Waals surface area contributed by atoms with Crippen LogP contribution in [0.4, 0.5) is 5.95 Å². The van der Waals surface area contributed by atoms with Crippen molar-refractivity contribution in [2.24, 2.45) is 0 Å². The first-order valence-corrected chi connectivity index (χ1v) is 15.8. The van der Waals surface area contributed by atoms with Crippen LogP contribution < -0.4 is 5.32 Å². The van der Waals surface area contributed by atoms with Crippen molar-refractivity contribution in [3.63, 3.8) is 0 Å². The van der Waals surface area contributed by atoms with Gasteiger partial charge in [-0.05, 0) is 54.6 Å². The van der Waals surface area contributed by atoms with Crippen molar-refractivity contribution in [1.82, 2.24) is 23.8 Å². The van der Waals surface area contributed by atoms with Crippen molar-refractivity contribution in [2.75, 3.05) is 18.4 Å². The number of anilines is 1. The van der Waals surface area contributed by atoms with E-state index in [1.807, 2.05) is 47.5 Å². The molecule has 7 rings (SSSR count). The summed E-state index contributed by atoms with van der Waals surface area (Å²) in [4.78, 5) is 27.5. The van der Waals surface area contributed by atoms with Crippen LogP contribution >= 0.6 is 11.6 Å². The van der Waals surface area contributed by atoms with Crippen molar-refractivity contribution < 1.29 is 13.2 Å². The molecular formula is C32H27ClN6O3S. The van der Waals surface area contributed by atoms with E-state index < -0.39 is 10.0 Å². The molecule has 1 saturated heterocycles. The second kappa shape index (κ2) is 10.9. The van der Waals surface area contributed by atoms with E-state index in [0.29, 0.717) is 51.8 Å². The third-order valence-electron chi connectivity index (χ3n) is 7.89. The van der Waals surface area contributed by atoms with Crippen LogP contribution in [0, 0.1) is 0 Å². The molecule has 2 N–H and O–H groups in total. The maximum Gasteiger partial charge on any atom is 0.268 e. The number of likely N-dealkylation sites (tertiary alicyclic amines) is 1. The molecule has 1 amide bonds. The molecule has 0 radical (unpaired) electrons. The minimum Gasteiger partial charge on any atom is -0.361 e. The van der Waals surface area contributed by atoms with Gasteiger partial charge in [0, 0.05) is 53.6 Å². The van der Waals surface area contributed by atoms with Gasteiger partial charge in [0.2, 0.25) is 5.95 Å². The van der Waals surface area contributed by atoms with Crippen LogP contribution in [0.2, 0.25) is 5.02 Å². The smallest absolute Gasteiger partial charge is 0.268 e. The molecule has 9 nitrogen and oxygen atoms in total. The Morgan fingerprint density at radius 1 is 0.977 bits per heavy atom. The molecule has 1 aliphatic rings. The van der Waals surface area contributed by atoms with Gasteiger partial charge < -0.3 is 15.2 Å². The summed E-state index contributed by atoms with van der Waals surface area (Å²) in [5, 5.41) is 5.49. The minimum absolute atomic E-state index is 0.0156. The van der Waals surface area contributed by atoms with Crippen molar-refractivity contribution in [3.05, 3.63) is 108 Å². The molecule has 3 aromatic carbocycles. The van der Waals surface area contributed by atoms with Crippen molar-refractivity contribution >= 4 is 55.3 Å². The monoisotopic (exact) mass is 610 g/mol. The second-order valence-corrected chi connectivity index (χ2v) is 12.8. The molecule has 1 fully saturated rings. The summed E-state index contributed by atoms with van der Waals surface area (Å²) >= 11 is 6.60. The van der Waals surface area contributed by atoms with E-state index in [0.717, 1.165) is 23.7 Å². The maximum absolute atomic E-state index is 13.6. The Bertz CT molecular complexity index is 2080. The molecule has 1 aliphatic heterocycles. The van der Waals surface area contributed by atoms with Crippen LogP contribution in [0.3, 0.4) is 0 Å². The number of H-pyrrole nitrogens is 1. The third kappa shape index (κ3) is 5.02. The van der Waals surface area contributed by atoms with Gasteiger partial charge in [-0.1, -0.05) is 54.1 Å². The molecule has 3 aromatic heterocycles. The predicted molar refractivity (Wildman–Crippen MR) is 168 cm³/mol. The topological polar surface area (TPSA) is 113 Å². The zero-order valence-electron chi connectivity index (χ0n) is 22.9. The predicted octanol–water partition coefficient (Wildman–Crippen LogP) is 6.19. The summed E-state index contributed by atoms with van der Waals surface area (Å²) in [6.07, 6.45) is 6.42. The highest BCUT2D eigenvalue weighted by atomic mass is 35.5. The van der Waals surface area contributed by atoms with Crippen LogP contribution in [-0.2, 0) is 10.0 Å². The standard InChI is InChI=1S/C32H27ClN6O3S/c33-27-19-35-32(36-23-13-16-38(17-14-23)31(40)22-11-10-21-12-15-34-28(21)18-22)37-30(27)26-20-39(29-9-5-4-8-25(26)29)43(41,42)24-6-2-1-3-7-24/h1-12,15,18-20,23,34H,13-14,16-17H2,(H,35,36,37). The van der Waals surface area contributed by atoms with Gasteiger partial charge in [-0.2, -0.15) is 0 Å². The van der Waals surface area contributed by atoms with Crippen LogP contribution in [0.15, 0.2) is 102 Å². The number of para-hydroxylation sites is 1. The normalized spacial score (nSPS) is 14.4. The van der Waals surface area contributed by atoms with Gasteiger partial charge in [0.25, 0.3) is 15.9 Å². The number of benzene rings is 3. The second-order valence-electron chi connectivity index (χ2n) is 10.6. The molecule has 0 spiro atoms. The van der Waals surface area contributed by atoms with E-state index in [2.05, 4.69) is 15.3 Å². The van der Waals surface area contributed by atoms with Gasteiger partial charge in [-0.3, -0.25) is 4.79 Å². The SMILES string of the molecule is O=C(c1ccc2cc[nH]c2c1)N1CCC(Nc2ncc(Cl)c(-c3cn(S(=O)(=O)c4ccccc4)c4ccccc34)n2)CC1.